The van der Waals surface area contributed by atoms with Crippen molar-refractivity contribution in [2.45, 2.75) is 19.5 Å². The molecule has 102 valence electrons. The van der Waals surface area contributed by atoms with Gasteiger partial charge in [0.05, 0.1) is 0 Å². The van der Waals surface area contributed by atoms with E-state index in [1.54, 1.807) is 6.20 Å². The second-order valence-electron chi connectivity index (χ2n) is 4.87. The smallest absolute Gasteiger partial charge is 0.137 e. The van der Waals surface area contributed by atoms with Crippen LogP contribution in [0.4, 0.5) is 0 Å². The van der Waals surface area contributed by atoms with Crippen LogP contribution in [0.1, 0.15) is 24.1 Å². The summed E-state index contributed by atoms with van der Waals surface area (Å²) < 4.78 is 0. The van der Waals surface area contributed by atoms with Gasteiger partial charge in [-0.25, -0.2) is 4.98 Å². The van der Waals surface area contributed by atoms with Crippen LogP contribution in [0.25, 0.3) is 11.0 Å². The van der Waals surface area contributed by atoms with Crippen molar-refractivity contribution in [2.24, 2.45) is 0 Å². The Kier molecular flexibility index (Phi) is 3.72. The molecule has 0 saturated carbocycles. The van der Waals surface area contributed by atoms with Gasteiger partial charge in [0.15, 0.2) is 0 Å². The van der Waals surface area contributed by atoms with Gasteiger partial charge in [-0.1, -0.05) is 23.7 Å². The van der Waals surface area contributed by atoms with Crippen LogP contribution in [-0.4, -0.2) is 9.97 Å². The number of benzene rings is 1. The summed E-state index contributed by atoms with van der Waals surface area (Å²) in [6, 6.07) is 12.3. The van der Waals surface area contributed by atoms with Crippen molar-refractivity contribution in [1.82, 2.24) is 15.3 Å². The summed E-state index contributed by atoms with van der Waals surface area (Å²) in [7, 11) is 0. The maximum Gasteiger partial charge on any atom is 0.137 e. The fraction of sp³-hybridized carbons (Fsp3) is 0.188. The maximum absolute atomic E-state index is 5.91. The van der Waals surface area contributed by atoms with Gasteiger partial charge >= 0.3 is 0 Å². The van der Waals surface area contributed by atoms with Crippen LogP contribution < -0.4 is 5.32 Å². The number of nitrogens with zero attached hydrogens (tertiary/aromatic N) is 1. The molecule has 0 aliphatic rings. The Labute approximate surface area is 123 Å². The molecule has 1 aromatic carbocycles. The van der Waals surface area contributed by atoms with Gasteiger partial charge in [-0.15, -0.1) is 0 Å². The number of rotatable bonds is 4. The Hall–Kier alpha value is -1.84. The van der Waals surface area contributed by atoms with E-state index < -0.39 is 0 Å². The number of aromatic nitrogens is 2. The van der Waals surface area contributed by atoms with Crippen LogP contribution in [0.15, 0.2) is 48.8 Å². The fourth-order valence-corrected chi connectivity index (χ4v) is 2.42. The highest BCUT2D eigenvalue weighted by Gasteiger charge is 2.07. The lowest BCUT2D eigenvalue weighted by Gasteiger charge is -2.14. The SMILES string of the molecule is C[C@H](NCc1c[nH]c2ncccc12)c1ccc(Cl)cc1. The number of fused-ring (bicyclic) bond motifs is 1. The lowest BCUT2D eigenvalue weighted by Crippen LogP contribution is -2.17. The minimum absolute atomic E-state index is 0.272. The first-order valence-electron chi connectivity index (χ1n) is 6.64. The van der Waals surface area contributed by atoms with Crippen LogP contribution in [0.3, 0.4) is 0 Å². The van der Waals surface area contributed by atoms with Crippen LogP contribution in [0.2, 0.25) is 5.02 Å². The van der Waals surface area contributed by atoms with Crippen molar-refractivity contribution in [3.8, 4) is 0 Å². The van der Waals surface area contributed by atoms with Gasteiger partial charge in [0.25, 0.3) is 0 Å². The number of H-pyrrole nitrogens is 1. The Balaban J connectivity index is 1.71. The van der Waals surface area contributed by atoms with Crippen molar-refractivity contribution in [3.63, 3.8) is 0 Å². The second-order valence-corrected chi connectivity index (χ2v) is 5.30. The lowest BCUT2D eigenvalue weighted by atomic mass is 10.1. The first kappa shape index (κ1) is 13.2. The second kappa shape index (κ2) is 5.65. The Bertz CT molecular complexity index is 703. The van der Waals surface area contributed by atoms with Crippen molar-refractivity contribution in [3.05, 3.63) is 64.9 Å². The van der Waals surface area contributed by atoms with E-state index >= 15 is 0 Å². The van der Waals surface area contributed by atoms with Gasteiger partial charge in [0, 0.05) is 35.4 Å². The summed E-state index contributed by atoms with van der Waals surface area (Å²) >= 11 is 5.91. The zero-order chi connectivity index (χ0) is 13.9. The molecule has 3 rings (SSSR count). The average Bonchev–Trinajstić information content (AvgIpc) is 2.89. The summed E-state index contributed by atoms with van der Waals surface area (Å²) in [5.74, 6) is 0. The quantitative estimate of drug-likeness (QED) is 0.759. The largest absolute Gasteiger partial charge is 0.346 e. The number of halogens is 1. The van der Waals surface area contributed by atoms with E-state index in [2.05, 4.69) is 40.4 Å². The van der Waals surface area contributed by atoms with Gasteiger partial charge < -0.3 is 10.3 Å². The minimum Gasteiger partial charge on any atom is -0.346 e. The van der Waals surface area contributed by atoms with Crippen molar-refractivity contribution >= 4 is 22.6 Å². The third-order valence-electron chi connectivity index (χ3n) is 3.51. The van der Waals surface area contributed by atoms with Gasteiger partial charge in [-0.2, -0.15) is 0 Å². The number of pyridine rings is 1. The zero-order valence-corrected chi connectivity index (χ0v) is 12.0. The van der Waals surface area contributed by atoms with E-state index in [0.717, 1.165) is 17.2 Å². The van der Waals surface area contributed by atoms with E-state index in [9.17, 15) is 0 Å². The third kappa shape index (κ3) is 2.69. The summed E-state index contributed by atoms with van der Waals surface area (Å²) in [6.07, 6.45) is 3.81. The highest BCUT2D eigenvalue weighted by atomic mass is 35.5. The minimum atomic E-state index is 0.272. The predicted octanol–water partition coefficient (Wildman–Crippen LogP) is 4.07. The first-order valence-corrected chi connectivity index (χ1v) is 7.01. The molecule has 0 unspecified atom stereocenters. The molecule has 3 aromatic rings. The molecule has 0 aliphatic carbocycles. The first-order chi connectivity index (χ1) is 9.74. The summed E-state index contributed by atoms with van der Waals surface area (Å²) in [6.45, 7) is 2.95. The molecule has 0 amide bonds. The molecular formula is C16H16ClN3. The third-order valence-corrected chi connectivity index (χ3v) is 3.76. The molecule has 0 bridgehead atoms. The van der Waals surface area contributed by atoms with Gasteiger partial charge in [-0.3, -0.25) is 0 Å². The molecule has 2 aromatic heterocycles. The van der Waals surface area contributed by atoms with E-state index in [1.165, 1.54) is 16.5 Å². The van der Waals surface area contributed by atoms with E-state index in [0.29, 0.717) is 0 Å². The Morgan fingerprint density at radius 2 is 2.05 bits per heavy atom. The standard InChI is InChI=1S/C16H16ClN3/c1-11(12-4-6-14(17)7-5-12)19-9-13-10-20-16-15(13)3-2-8-18-16/h2-8,10-11,19H,9H2,1H3,(H,18,20)/t11-/m0/s1. The molecule has 4 heteroatoms. The molecule has 20 heavy (non-hydrogen) atoms. The van der Waals surface area contributed by atoms with E-state index in [1.807, 2.05) is 24.4 Å². The van der Waals surface area contributed by atoms with Gasteiger partial charge in [0.1, 0.15) is 5.65 Å². The summed E-state index contributed by atoms with van der Waals surface area (Å²) in [5.41, 5.74) is 3.39. The predicted molar refractivity (Wildman–Crippen MR) is 82.8 cm³/mol. The highest BCUT2D eigenvalue weighted by molar-refractivity contribution is 6.30. The number of nitrogens with one attached hydrogen (secondary N) is 2. The van der Waals surface area contributed by atoms with E-state index in [-0.39, 0.29) is 6.04 Å². The van der Waals surface area contributed by atoms with Gasteiger partial charge in [0.2, 0.25) is 0 Å². The molecule has 0 fully saturated rings. The molecule has 0 aliphatic heterocycles. The molecule has 0 saturated heterocycles. The van der Waals surface area contributed by atoms with Crippen LogP contribution in [0.5, 0.6) is 0 Å². The molecule has 0 radical (unpaired) electrons. The van der Waals surface area contributed by atoms with Crippen molar-refractivity contribution in [2.75, 3.05) is 0 Å². The topological polar surface area (TPSA) is 40.7 Å². The molecule has 0 spiro atoms. The summed E-state index contributed by atoms with van der Waals surface area (Å²) in [4.78, 5) is 7.49. The van der Waals surface area contributed by atoms with Crippen molar-refractivity contribution < 1.29 is 0 Å². The van der Waals surface area contributed by atoms with Gasteiger partial charge in [-0.05, 0) is 42.3 Å². The normalized spacial score (nSPS) is 12.7. The highest BCUT2D eigenvalue weighted by Crippen LogP contribution is 2.19. The van der Waals surface area contributed by atoms with E-state index in [4.69, 9.17) is 11.6 Å². The monoisotopic (exact) mass is 285 g/mol. The summed E-state index contributed by atoms with van der Waals surface area (Å²) in [5, 5.41) is 5.46. The molecule has 2 N–H and O–H groups in total. The molecular weight excluding hydrogens is 270 g/mol. The zero-order valence-electron chi connectivity index (χ0n) is 11.2. The fourth-order valence-electron chi connectivity index (χ4n) is 2.29. The molecule has 2 heterocycles. The Morgan fingerprint density at radius 3 is 2.85 bits per heavy atom. The van der Waals surface area contributed by atoms with Crippen molar-refractivity contribution in [1.29, 1.82) is 0 Å². The molecule has 3 nitrogen and oxygen atoms in total. The lowest BCUT2D eigenvalue weighted by molar-refractivity contribution is 0.576. The number of hydrogen-bond donors (Lipinski definition) is 2. The maximum atomic E-state index is 5.91. The van der Waals surface area contributed by atoms with Crippen LogP contribution >= 0.6 is 11.6 Å². The van der Waals surface area contributed by atoms with Crippen LogP contribution in [0, 0.1) is 0 Å². The Morgan fingerprint density at radius 1 is 1.25 bits per heavy atom. The average molecular weight is 286 g/mol. The molecule has 1 atom stereocenters. The number of aromatic amines is 1. The number of hydrogen-bond acceptors (Lipinski definition) is 2. The van der Waals surface area contributed by atoms with Crippen LogP contribution in [-0.2, 0) is 6.54 Å².